The monoisotopic (exact) mass is 317 g/mol. The minimum absolute atomic E-state index is 0.0143. The summed E-state index contributed by atoms with van der Waals surface area (Å²) in [5, 5.41) is 0. The summed E-state index contributed by atoms with van der Waals surface area (Å²) in [7, 11) is 0. The summed E-state index contributed by atoms with van der Waals surface area (Å²) in [6.45, 7) is 6.25. The SMILES string of the molecule is CCc1cc2c(s1)CCOC21CCN(Cc2c[nH]cn2)CC1. The van der Waals surface area contributed by atoms with E-state index >= 15 is 0 Å². The quantitative estimate of drug-likeness (QED) is 0.946. The standard InChI is InChI=1S/C17H23N3OS/c1-2-14-9-15-16(22-14)3-8-21-17(15)4-6-20(7-5-17)11-13-10-18-12-19-13/h9-10,12H,2-8,11H2,1H3,(H,18,19). The normalized spacial score (nSPS) is 21.1. The van der Waals surface area contributed by atoms with Gasteiger partial charge in [-0.3, -0.25) is 4.90 Å². The molecule has 2 aliphatic heterocycles. The highest BCUT2D eigenvalue weighted by Crippen LogP contribution is 2.44. The maximum absolute atomic E-state index is 6.33. The second-order valence-corrected chi connectivity index (χ2v) is 7.55. The molecule has 1 spiro atoms. The van der Waals surface area contributed by atoms with Crippen LogP contribution in [0.3, 0.4) is 0 Å². The number of hydrogen-bond acceptors (Lipinski definition) is 4. The number of rotatable bonds is 3. The lowest BCUT2D eigenvalue weighted by molar-refractivity contribution is -0.0982. The van der Waals surface area contributed by atoms with Gasteiger partial charge in [0.2, 0.25) is 0 Å². The Bertz CT molecular complexity index is 626. The maximum atomic E-state index is 6.33. The number of hydrogen-bond donors (Lipinski definition) is 1. The van der Waals surface area contributed by atoms with Crippen molar-refractivity contribution in [3.8, 4) is 0 Å². The van der Waals surface area contributed by atoms with Crippen molar-refractivity contribution in [2.24, 2.45) is 0 Å². The van der Waals surface area contributed by atoms with Crippen LogP contribution in [0.2, 0.25) is 0 Å². The fraction of sp³-hybridized carbons (Fsp3) is 0.588. The molecule has 0 aliphatic carbocycles. The Morgan fingerprint density at radius 2 is 2.27 bits per heavy atom. The van der Waals surface area contributed by atoms with E-state index in [4.69, 9.17) is 4.74 Å². The van der Waals surface area contributed by atoms with Gasteiger partial charge in [0.1, 0.15) is 0 Å². The Hall–Kier alpha value is -1.17. The van der Waals surface area contributed by atoms with Crippen LogP contribution in [0.1, 0.15) is 40.8 Å². The van der Waals surface area contributed by atoms with Gasteiger partial charge in [-0.25, -0.2) is 4.98 Å². The number of imidazole rings is 1. The topological polar surface area (TPSA) is 41.1 Å². The predicted molar refractivity (Wildman–Crippen MR) is 88.1 cm³/mol. The number of nitrogens with one attached hydrogen (secondary N) is 1. The number of thiophene rings is 1. The van der Waals surface area contributed by atoms with Gasteiger partial charge < -0.3 is 9.72 Å². The minimum atomic E-state index is -0.0143. The molecule has 4 rings (SSSR count). The van der Waals surface area contributed by atoms with Crippen molar-refractivity contribution in [1.82, 2.24) is 14.9 Å². The molecule has 1 N–H and O–H groups in total. The van der Waals surface area contributed by atoms with E-state index in [2.05, 4.69) is 27.9 Å². The van der Waals surface area contributed by atoms with E-state index in [-0.39, 0.29) is 5.60 Å². The molecule has 1 saturated heterocycles. The minimum Gasteiger partial charge on any atom is -0.370 e. The van der Waals surface area contributed by atoms with E-state index in [1.807, 2.05) is 17.5 Å². The van der Waals surface area contributed by atoms with E-state index in [0.29, 0.717) is 0 Å². The molecule has 2 aliphatic rings. The second kappa shape index (κ2) is 5.80. The molecule has 0 saturated carbocycles. The number of likely N-dealkylation sites (tertiary alicyclic amines) is 1. The molecule has 1 fully saturated rings. The third-order valence-electron chi connectivity index (χ3n) is 5.01. The number of fused-ring (bicyclic) bond motifs is 2. The van der Waals surface area contributed by atoms with Crippen molar-refractivity contribution in [2.75, 3.05) is 19.7 Å². The second-order valence-electron chi connectivity index (χ2n) is 6.33. The number of ether oxygens (including phenoxy) is 1. The highest BCUT2D eigenvalue weighted by Gasteiger charge is 2.41. The van der Waals surface area contributed by atoms with Crippen LogP contribution in [0.5, 0.6) is 0 Å². The van der Waals surface area contributed by atoms with Crippen molar-refractivity contribution >= 4 is 11.3 Å². The van der Waals surface area contributed by atoms with Crippen LogP contribution in [-0.4, -0.2) is 34.6 Å². The Balaban J connectivity index is 1.50. The molecular weight excluding hydrogens is 294 g/mol. The van der Waals surface area contributed by atoms with Gasteiger partial charge in [0.15, 0.2) is 0 Å². The lowest BCUT2D eigenvalue weighted by Crippen LogP contribution is -2.45. The van der Waals surface area contributed by atoms with E-state index in [0.717, 1.165) is 57.6 Å². The van der Waals surface area contributed by atoms with Gasteiger partial charge in [0.25, 0.3) is 0 Å². The molecular formula is C17H23N3OS. The molecule has 0 bridgehead atoms. The smallest absolute Gasteiger partial charge is 0.0966 e. The lowest BCUT2D eigenvalue weighted by Gasteiger charge is -2.44. The zero-order valence-corrected chi connectivity index (χ0v) is 13.9. The molecule has 0 radical (unpaired) electrons. The molecule has 2 aromatic rings. The molecule has 0 amide bonds. The molecule has 22 heavy (non-hydrogen) atoms. The third-order valence-corrected chi connectivity index (χ3v) is 6.35. The summed E-state index contributed by atoms with van der Waals surface area (Å²) in [4.78, 5) is 12.9. The summed E-state index contributed by atoms with van der Waals surface area (Å²) < 4.78 is 6.33. The highest BCUT2D eigenvalue weighted by atomic mass is 32.1. The Morgan fingerprint density at radius 3 is 3.00 bits per heavy atom. The maximum Gasteiger partial charge on any atom is 0.0966 e. The predicted octanol–water partition coefficient (Wildman–Crippen LogP) is 3.10. The van der Waals surface area contributed by atoms with Crippen LogP contribution < -0.4 is 0 Å². The van der Waals surface area contributed by atoms with Gasteiger partial charge in [0.05, 0.1) is 24.2 Å². The van der Waals surface area contributed by atoms with Crippen LogP contribution in [0.15, 0.2) is 18.6 Å². The van der Waals surface area contributed by atoms with E-state index in [1.165, 1.54) is 10.4 Å². The van der Waals surface area contributed by atoms with Gasteiger partial charge in [-0.2, -0.15) is 0 Å². The van der Waals surface area contributed by atoms with Gasteiger partial charge >= 0.3 is 0 Å². The zero-order chi connectivity index (χ0) is 15.0. The Morgan fingerprint density at radius 1 is 1.41 bits per heavy atom. The average Bonchev–Trinajstić information content (AvgIpc) is 3.19. The van der Waals surface area contributed by atoms with Crippen molar-refractivity contribution in [3.63, 3.8) is 0 Å². The van der Waals surface area contributed by atoms with E-state index in [1.54, 1.807) is 11.2 Å². The molecule has 0 atom stereocenters. The van der Waals surface area contributed by atoms with E-state index < -0.39 is 0 Å². The van der Waals surface area contributed by atoms with Crippen molar-refractivity contribution in [3.05, 3.63) is 39.6 Å². The molecule has 0 unspecified atom stereocenters. The fourth-order valence-electron chi connectivity index (χ4n) is 3.74. The third kappa shape index (κ3) is 2.51. The number of piperidine rings is 1. The highest BCUT2D eigenvalue weighted by molar-refractivity contribution is 7.12. The summed E-state index contributed by atoms with van der Waals surface area (Å²) in [6, 6.07) is 2.42. The largest absolute Gasteiger partial charge is 0.370 e. The first-order valence-corrected chi connectivity index (χ1v) is 9.07. The number of aromatic nitrogens is 2. The summed E-state index contributed by atoms with van der Waals surface area (Å²) in [5.41, 5.74) is 2.62. The van der Waals surface area contributed by atoms with Crippen LogP contribution >= 0.6 is 11.3 Å². The Kier molecular flexibility index (Phi) is 3.80. The lowest BCUT2D eigenvalue weighted by atomic mass is 9.82. The van der Waals surface area contributed by atoms with Gasteiger partial charge in [-0.05, 0) is 30.9 Å². The molecule has 2 aromatic heterocycles. The van der Waals surface area contributed by atoms with Gasteiger partial charge in [-0.1, -0.05) is 6.92 Å². The van der Waals surface area contributed by atoms with Crippen LogP contribution in [0, 0.1) is 0 Å². The Labute approximate surface area is 135 Å². The van der Waals surface area contributed by atoms with Crippen LogP contribution in [-0.2, 0) is 29.7 Å². The number of aryl methyl sites for hydroxylation is 1. The van der Waals surface area contributed by atoms with Crippen molar-refractivity contribution in [1.29, 1.82) is 0 Å². The molecule has 4 nitrogen and oxygen atoms in total. The number of aromatic amines is 1. The molecule has 5 heteroatoms. The first-order chi connectivity index (χ1) is 10.8. The fourth-order valence-corrected chi connectivity index (χ4v) is 4.92. The zero-order valence-electron chi connectivity index (χ0n) is 13.1. The molecule has 118 valence electrons. The van der Waals surface area contributed by atoms with Gasteiger partial charge in [0, 0.05) is 42.0 Å². The van der Waals surface area contributed by atoms with Crippen LogP contribution in [0.4, 0.5) is 0 Å². The van der Waals surface area contributed by atoms with E-state index in [9.17, 15) is 0 Å². The number of H-pyrrole nitrogens is 1. The average molecular weight is 317 g/mol. The first kappa shape index (κ1) is 14.4. The van der Waals surface area contributed by atoms with Gasteiger partial charge in [-0.15, -0.1) is 11.3 Å². The van der Waals surface area contributed by atoms with Crippen LogP contribution in [0.25, 0.3) is 0 Å². The molecule has 4 heterocycles. The summed E-state index contributed by atoms with van der Waals surface area (Å²) >= 11 is 2.00. The first-order valence-electron chi connectivity index (χ1n) is 8.25. The number of nitrogens with zero attached hydrogens (tertiary/aromatic N) is 2. The summed E-state index contributed by atoms with van der Waals surface area (Å²) in [6.07, 6.45) is 8.19. The van der Waals surface area contributed by atoms with Crippen molar-refractivity contribution < 1.29 is 4.74 Å². The molecule has 0 aromatic carbocycles. The van der Waals surface area contributed by atoms with Crippen molar-refractivity contribution in [2.45, 2.75) is 44.8 Å². The summed E-state index contributed by atoms with van der Waals surface area (Å²) in [5.74, 6) is 0.